The van der Waals surface area contributed by atoms with Gasteiger partial charge in [0.1, 0.15) is 23.7 Å². The number of hydrogen-bond donors (Lipinski definition) is 0. The minimum atomic E-state index is -2.02. The Morgan fingerprint density at radius 3 is 2.03 bits per heavy atom. The van der Waals surface area contributed by atoms with E-state index in [9.17, 15) is 9.59 Å². The Hall–Kier alpha value is -3.06. The van der Waals surface area contributed by atoms with Crippen LogP contribution in [0.2, 0.25) is 16.6 Å². The van der Waals surface area contributed by atoms with E-state index in [1.54, 1.807) is 18.2 Å². The molecule has 0 spiro atoms. The van der Waals surface area contributed by atoms with E-state index in [0.29, 0.717) is 22.2 Å². The summed E-state index contributed by atoms with van der Waals surface area (Å²) in [6.07, 6.45) is -0.834. The van der Waals surface area contributed by atoms with Gasteiger partial charge in [-0.1, -0.05) is 53.7 Å². The van der Waals surface area contributed by atoms with Gasteiger partial charge in [0.15, 0.2) is 0 Å². The molecule has 0 bridgehead atoms. The minimum absolute atomic E-state index is 0.0723. The van der Waals surface area contributed by atoms with Crippen LogP contribution in [0.25, 0.3) is 11.0 Å². The molecule has 0 aliphatic heterocycles. The van der Waals surface area contributed by atoms with Crippen molar-refractivity contribution in [3.05, 3.63) is 70.6 Å². The van der Waals surface area contributed by atoms with Crippen LogP contribution in [0.5, 0.6) is 11.5 Å². The quantitative estimate of drug-likeness (QED) is 0.152. The average Bonchev–Trinajstić information content (AvgIpc) is 2.75. The maximum absolute atomic E-state index is 12.1. The molecule has 0 N–H and O–H groups in total. The third kappa shape index (κ3) is 5.65. The molecular formula is C26H32O6Si. The molecule has 0 aliphatic carbocycles. The average molecular weight is 469 g/mol. The Bertz CT molecular complexity index is 1130. The molecule has 0 saturated heterocycles. The predicted octanol–water partition coefficient (Wildman–Crippen LogP) is 7.06. The molecule has 3 rings (SSSR count). The molecule has 0 unspecified atom stereocenters. The number of fused-ring (bicyclic) bond motifs is 1. The number of rotatable bonds is 8. The van der Waals surface area contributed by atoms with Gasteiger partial charge in [-0.05, 0) is 52.5 Å². The van der Waals surface area contributed by atoms with Gasteiger partial charge in [-0.25, -0.2) is 9.59 Å². The second-order valence-corrected chi connectivity index (χ2v) is 14.5. The lowest BCUT2D eigenvalue weighted by atomic mass is 10.2. The van der Waals surface area contributed by atoms with E-state index >= 15 is 0 Å². The summed E-state index contributed by atoms with van der Waals surface area (Å²) in [6, 6.07) is 15.4. The highest BCUT2D eigenvalue weighted by Crippen LogP contribution is 2.42. The Morgan fingerprint density at radius 2 is 1.42 bits per heavy atom. The highest BCUT2D eigenvalue weighted by molar-refractivity contribution is 6.78. The summed E-state index contributed by atoms with van der Waals surface area (Å²) in [5.74, 6) is 1.09. The SMILES string of the molecule is CC(C)[Si](Oc1ccc(COC(=O)Oc2ccc3ccc(=O)oc3c2)cc1)(C(C)C)C(C)C. The van der Waals surface area contributed by atoms with Crippen LogP contribution in [-0.2, 0) is 11.3 Å². The fourth-order valence-electron chi connectivity index (χ4n) is 4.58. The summed E-state index contributed by atoms with van der Waals surface area (Å²) in [5, 5.41) is 0.733. The summed E-state index contributed by atoms with van der Waals surface area (Å²) in [7, 11) is -2.02. The second kappa shape index (κ2) is 10.3. The monoisotopic (exact) mass is 468 g/mol. The minimum Gasteiger partial charge on any atom is -0.543 e. The van der Waals surface area contributed by atoms with E-state index < -0.39 is 20.1 Å². The third-order valence-corrected chi connectivity index (χ3v) is 12.1. The van der Waals surface area contributed by atoms with Crippen molar-refractivity contribution in [3.8, 4) is 11.5 Å². The molecule has 7 heteroatoms. The number of hydrogen-bond acceptors (Lipinski definition) is 6. The van der Waals surface area contributed by atoms with Crippen LogP contribution in [0.1, 0.15) is 47.1 Å². The smallest absolute Gasteiger partial charge is 0.514 e. The zero-order chi connectivity index (χ0) is 24.2. The molecular weight excluding hydrogens is 436 g/mol. The molecule has 0 saturated carbocycles. The molecule has 1 heterocycles. The Labute approximate surface area is 195 Å². The molecule has 0 radical (unpaired) electrons. The van der Waals surface area contributed by atoms with Crippen LogP contribution in [-0.4, -0.2) is 14.5 Å². The van der Waals surface area contributed by atoms with Gasteiger partial charge < -0.3 is 18.3 Å². The van der Waals surface area contributed by atoms with Gasteiger partial charge in [-0.15, -0.1) is 0 Å². The summed E-state index contributed by atoms with van der Waals surface area (Å²) in [5.41, 5.74) is 2.15. The third-order valence-electron chi connectivity index (χ3n) is 6.08. The zero-order valence-electron chi connectivity index (χ0n) is 20.1. The van der Waals surface area contributed by atoms with Gasteiger partial charge >= 0.3 is 11.8 Å². The summed E-state index contributed by atoms with van der Waals surface area (Å²) in [6.45, 7) is 13.6. The van der Waals surface area contributed by atoms with E-state index in [2.05, 4.69) is 41.5 Å². The van der Waals surface area contributed by atoms with Crippen molar-refractivity contribution in [2.24, 2.45) is 0 Å². The van der Waals surface area contributed by atoms with E-state index in [4.69, 9.17) is 18.3 Å². The van der Waals surface area contributed by atoms with Crippen molar-refractivity contribution >= 4 is 25.4 Å². The zero-order valence-corrected chi connectivity index (χ0v) is 21.1. The van der Waals surface area contributed by atoms with Gasteiger partial charge in [0.05, 0.1) is 0 Å². The number of benzene rings is 2. The summed E-state index contributed by atoms with van der Waals surface area (Å²) in [4.78, 5) is 23.5. The molecule has 6 nitrogen and oxygen atoms in total. The second-order valence-electron chi connectivity index (χ2n) is 9.16. The molecule has 176 valence electrons. The van der Waals surface area contributed by atoms with Crippen LogP contribution >= 0.6 is 0 Å². The Morgan fingerprint density at radius 1 is 0.848 bits per heavy atom. The number of ether oxygens (including phenoxy) is 2. The van der Waals surface area contributed by atoms with Crippen molar-refractivity contribution in [3.63, 3.8) is 0 Å². The number of carbonyl (C=O) groups is 1. The van der Waals surface area contributed by atoms with Crippen molar-refractivity contribution in [2.45, 2.75) is 64.8 Å². The summed E-state index contributed by atoms with van der Waals surface area (Å²) < 4.78 is 22.2. The van der Waals surface area contributed by atoms with E-state index in [0.717, 1.165) is 16.7 Å². The van der Waals surface area contributed by atoms with Crippen molar-refractivity contribution in [2.75, 3.05) is 0 Å². The van der Waals surface area contributed by atoms with Crippen LogP contribution in [0.15, 0.2) is 63.8 Å². The normalized spacial score (nSPS) is 11.9. The lowest BCUT2D eigenvalue weighted by molar-refractivity contribution is 0.0928. The van der Waals surface area contributed by atoms with E-state index in [-0.39, 0.29) is 12.4 Å². The highest BCUT2D eigenvalue weighted by Gasteiger charge is 2.46. The van der Waals surface area contributed by atoms with Gasteiger partial charge in [-0.2, -0.15) is 0 Å². The predicted molar refractivity (Wildman–Crippen MR) is 131 cm³/mol. The lowest BCUT2D eigenvalue weighted by Gasteiger charge is -2.42. The maximum Gasteiger partial charge on any atom is 0.514 e. The molecule has 2 aromatic carbocycles. The largest absolute Gasteiger partial charge is 0.543 e. The highest BCUT2D eigenvalue weighted by atomic mass is 28.4. The van der Waals surface area contributed by atoms with Gasteiger partial charge in [-0.3, -0.25) is 0 Å². The van der Waals surface area contributed by atoms with Crippen LogP contribution in [0, 0.1) is 0 Å². The molecule has 0 fully saturated rings. The first-order valence-electron chi connectivity index (χ1n) is 11.3. The number of carbonyl (C=O) groups excluding carboxylic acids is 1. The fraction of sp³-hybridized carbons (Fsp3) is 0.385. The standard InChI is InChI=1S/C26H32O6Si/c1-17(2)33(18(3)4,19(5)6)32-22-11-7-20(8-12-22)16-29-26(28)30-23-13-9-21-10-14-25(27)31-24(21)15-23/h7-15,17-19H,16H2,1-6H3. The molecule has 33 heavy (non-hydrogen) atoms. The van der Waals surface area contributed by atoms with Crippen LogP contribution in [0.3, 0.4) is 0 Å². The van der Waals surface area contributed by atoms with E-state index in [1.807, 2.05) is 24.3 Å². The lowest BCUT2D eigenvalue weighted by Crippen LogP contribution is -2.50. The molecule has 3 aromatic rings. The first kappa shape index (κ1) is 24.6. The van der Waals surface area contributed by atoms with Crippen LogP contribution in [0.4, 0.5) is 4.79 Å². The summed E-state index contributed by atoms with van der Waals surface area (Å²) >= 11 is 0. The Kier molecular flexibility index (Phi) is 7.63. The van der Waals surface area contributed by atoms with Crippen LogP contribution < -0.4 is 14.8 Å². The first-order chi connectivity index (χ1) is 15.6. The van der Waals surface area contributed by atoms with Crippen molar-refractivity contribution < 1.29 is 23.1 Å². The van der Waals surface area contributed by atoms with Gasteiger partial charge in [0.25, 0.3) is 8.32 Å². The molecule has 1 aromatic heterocycles. The van der Waals surface area contributed by atoms with Gasteiger partial charge in [0, 0.05) is 17.5 Å². The topological polar surface area (TPSA) is 75.0 Å². The van der Waals surface area contributed by atoms with Gasteiger partial charge in [0.2, 0.25) is 0 Å². The van der Waals surface area contributed by atoms with E-state index in [1.165, 1.54) is 12.1 Å². The fourth-order valence-corrected chi connectivity index (χ4v) is 9.84. The van der Waals surface area contributed by atoms with Crippen molar-refractivity contribution in [1.29, 1.82) is 0 Å². The van der Waals surface area contributed by atoms with Crippen molar-refractivity contribution in [1.82, 2.24) is 0 Å². The first-order valence-corrected chi connectivity index (χ1v) is 13.4. The molecule has 0 aliphatic rings. The molecule has 0 amide bonds. The maximum atomic E-state index is 12.1. The Balaban J connectivity index is 1.61. The molecule has 0 atom stereocenters.